The van der Waals surface area contributed by atoms with E-state index < -0.39 is 0 Å². The molecule has 0 aliphatic heterocycles. The van der Waals surface area contributed by atoms with Crippen LogP contribution in [0.25, 0.3) is 0 Å². The molecule has 1 aromatic carbocycles. The van der Waals surface area contributed by atoms with Crippen molar-refractivity contribution in [3.63, 3.8) is 0 Å². The van der Waals surface area contributed by atoms with Crippen molar-refractivity contribution in [2.45, 2.75) is 32.7 Å². The molecule has 0 bridgehead atoms. The number of nitrogens with one attached hydrogen (secondary N) is 1. The minimum atomic E-state index is 0.458. The Balaban J connectivity index is 2.20. The second-order valence-electron chi connectivity index (χ2n) is 5.19. The summed E-state index contributed by atoms with van der Waals surface area (Å²) in [5, 5.41) is 12.7. The average Bonchev–Trinajstić information content (AvgIpc) is 2.70. The highest BCUT2D eigenvalue weighted by atomic mass is 16.5. The molecule has 3 heteroatoms. The molecule has 3 atom stereocenters. The van der Waals surface area contributed by atoms with Crippen molar-refractivity contribution >= 4 is 5.69 Å². The summed E-state index contributed by atoms with van der Waals surface area (Å²) < 4.78 is 5.22. The van der Waals surface area contributed by atoms with E-state index in [9.17, 15) is 0 Å². The van der Waals surface area contributed by atoms with Gasteiger partial charge < -0.3 is 10.1 Å². The number of nitriles is 1. The third-order valence-corrected chi connectivity index (χ3v) is 4.15. The second kappa shape index (κ2) is 5.30. The Hall–Kier alpha value is -1.69. The zero-order valence-electron chi connectivity index (χ0n) is 11.2. The summed E-state index contributed by atoms with van der Waals surface area (Å²) in [6.07, 6.45) is 2.43. The van der Waals surface area contributed by atoms with E-state index in [1.54, 1.807) is 7.11 Å². The molecule has 2 rings (SSSR count). The number of ether oxygens (including phenoxy) is 1. The summed E-state index contributed by atoms with van der Waals surface area (Å²) in [7, 11) is 1.64. The van der Waals surface area contributed by atoms with Gasteiger partial charge in [0.25, 0.3) is 0 Å². The normalized spacial score (nSPS) is 26.7. The number of benzene rings is 1. The first kappa shape index (κ1) is 12.8. The molecule has 1 fully saturated rings. The van der Waals surface area contributed by atoms with Gasteiger partial charge >= 0.3 is 0 Å². The van der Waals surface area contributed by atoms with Gasteiger partial charge in [-0.05, 0) is 36.8 Å². The molecule has 96 valence electrons. The Morgan fingerprint density at radius 3 is 2.67 bits per heavy atom. The number of hydrogen-bond acceptors (Lipinski definition) is 3. The average molecular weight is 244 g/mol. The first-order chi connectivity index (χ1) is 8.65. The Kier molecular flexibility index (Phi) is 3.76. The lowest BCUT2D eigenvalue weighted by Crippen LogP contribution is -2.24. The van der Waals surface area contributed by atoms with Crippen LogP contribution in [0.4, 0.5) is 5.69 Å². The van der Waals surface area contributed by atoms with Gasteiger partial charge in [0.05, 0.1) is 18.4 Å². The maximum absolute atomic E-state index is 9.14. The van der Waals surface area contributed by atoms with E-state index in [1.807, 2.05) is 18.2 Å². The Labute approximate surface area is 109 Å². The molecule has 0 heterocycles. The van der Waals surface area contributed by atoms with Crippen LogP contribution in [0, 0.1) is 23.2 Å². The van der Waals surface area contributed by atoms with Gasteiger partial charge in [0.15, 0.2) is 0 Å². The van der Waals surface area contributed by atoms with Crippen molar-refractivity contribution in [2.75, 3.05) is 12.4 Å². The number of hydrogen-bond donors (Lipinski definition) is 1. The highest BCUT2D eigenvalue weighted by molar-refractivity contribution is 5.61. The summed E-state index contributed by atoms with van der Waals surface area (Å²) in [6, 6.07) is 8.23. The van der Waals surface area contributed by atoms with Gasteiger partial charge in [-0.2, -0.15) is 5.26 Å². The fourth-order valence-electron chi connectivity index (χ4n) is 2.64. The molecule has 0 spiro atoms. The van der Waals surface area contributed by atoms with Gasteiger partial charge in [0, 0.05) is 12.1 Å². The van der Waals surface area contributed by atoms with Gasteiger partial charge in [-0.25, -0.2) is 0 Å². The van der Waals surface area contributed by atoms with Crippen LogP contribution in [0.2, 0.25) is 0 Å². The van der Waals surface area contributed by atoms with E-state index >= 15 is 0 Å². The van der Waals surface area contributed by atoms with Gasteiger partial charge in [0.2, 0.25) is 0 Å². The molecule has 1 saturated carbocycles. The van der Waals surface area contributed by atoms with Crippen LogP contribution in [-0.4, -0.2) is 13.2 Å². The molecule has 0 amide bonds. The zero-order chi connectivity index (χ0) is 13.1. The summed E-state index contributed by atoms with van der Waals surface area (Å²) in [5.41, 5.74) is 1.57. The predicted molar refractivity (Wildman–Crippen MR) is 72.7 cm³/mol. The molecular formula is C15H20N2O. The molecule has 1 aliphatic carbocycles. The fourth-order valence-corrected chi connectivity index (χ4v) is 2.64. The van der Waals surface area contributed by atoms with Crippen LogP contribution < -0.4 is 10.1 Å². The number of rotatable bonds is 3. The van der Waals surface area contributed by atoms with Crippen LogP contribution in [0.3, 0.4) is 0 Å². The Bertz CT molecular complexity index is 464. The standard InChI is InChI=1S/C15H20N2O/c1-10-4-7-14(11(10)2)17-15-8-13(18-3)6-5-12(15)9-16/h5-6,8,10-11,14,17H,4,7H2,1-3H3. The van der Waals surface area contributed by atoms with E-state index in [1.165, 1.54) is 12.8 Å². The maximum atomic E-state index is 9.14. The molecular weight excluding hydrogens is 224 g/mol. The molecule has 0 aromatic heterocycles. The molecule has 1 N–H and O–H groups in total. The zero-order valence-corrected chi connectivity index (χ0v) is 11.2. The smallest absolute Gasteiger partial charge is 0.121 e. The summed E-state index contributed by atoms with van der Waals surface area (Å²) in [5.74, 6) is 2.18. The number of anilines is 1. The van der Waals surface area contributed by atoms with Crippen LogP contribution in [0.1, 0.15) is 32.3 Å². The van der Waals surface area contributed by atoms with Crippen molar-refractivity contribution in [1.29, 1.82) is 5.26 Å². The quantitative estimate of drug-likeness (QED) is 0.886. The third kappa shape index (κ3) is 2.43. The second-order valence-corrected chi connectivity index (χ2v) is 5.19. The van der Waals surface area contributed by atoms with Crippen molar-refractivity contribution < 1.29 is 4.74 Å². The largest absolute Gasteiger partial charge is 0.497 e. The van der Waals surface area contributed by atoms with Crippen LogP contribution in [-0.2, 0) is 0 Å². The lowest BCUT2D eigenvalue weighted by molar-refractivity contribution is 0.414. The lowest BCUT2D eigenvalue weighted by atomic mass is 9.97. The molecule has 18 heavy (non-hydrogen) atoms. The summed E-state index contributed by atoms with van der Waals surface area (Å²) >= 11 is 0. The first-order valence-electron chi connectivity index (χ1n) is 6.50. The summed E-state index contributed by atoms with van der Waals surface area (Å²) in [6.45, 7) is 4.57. The monoisotopic (exact) mass is 244 g/mol. The SMILES string of the molecule is COc1ccc(C#N)c(NC2CCC(C)C2C)c1. The van der Waals surface area contributed by atoms with Crippen molar-refractivity contribution in [2.24, 2.45) is 11.8 Å². The molecule has 3 nitrogen and oxygen atoms in total. The number of nitrogens with zero attached hydrogens (tertiary/aromatic N) is 1. The predicted octanol–water partition coefficient (Wildman–Crippen LogP) is 3.41. The van der Waals surface area contributed by atoms with Gasteiger partial charge in [-0.3, -0.25) is 0 Å². The van der Waals surface area contributed by atoms with E-state index in [0.29, 0.717) is 17.5 Å². The lowest BCUT2D eigenvalue weighted by Gasteiger charge is -2.21. The van der Waals surface area contributed by atoms with E-state index in [-0.39, 0.29) is 0 Å². The Morgan fingerprint density at radius 1 is 1.33 bits per heavy atom. The van der Waals surface area contributed by atoms with Crippen molar-refractivity contribution in [1.82, 2.24) is 0 Å². The van der Waals surface area contributed by atoms with Gasteiger partial charge in [0.1, 0.15) is 11.8 Å². The molecule has 0 radical (unpaired) electrons. The van der Waals surface area contributed by atoms with E-state index in [2.05, 4.69) is 25.2 Å². The Morgan fingerprint density at radius 2 is 2.11 bits per heavy atom. The summed E-state index contributed by atoms with van der Waals surface area (Å²) in [4.78, 5) is 0. The highest BCUT2D eigenvalue weighted by Crippen LogP contribution is 2.34. The first-order valence-corrected chi connectivity index (χ1v) is 6.50. The molecule has 1 aliphatic rings. The van der Waals surface area contributed by atoms with E-state index in [4.69, 9.17) is 10.00 Å². The van der Waals surface area contributed by atoms with E-state index in [0.717, 1.165) is 17.4 Å². The third-order valence-electron chi connectivity index (χ3n) is 4.15. The molecule has 1 aromatic rings. The van der Waals surface area contributed by atoms with Gasteiger partial charge in [-0.15, -0.1) is 0 Å². The number of methoxy groups -OCH3 is 1. The molecule has 0 saturated heterocycles. The maximum Gasteiger partial charge on any atom is 0.121 e. The van der Waals surface area contributed by atoms with Crippen LogP contribution in [0.15, 0.2) is 18.2 Å². The molecule has 3 unspecified atom stereocenters. The topological polar surface area (TPSA) is 45.0 Å². The minimum Gasteiger partial charge on any atom is -0.497 e. The van der Waals surface area contributed by atoms with Crippen LogP contribution in [0.5, 0.6) is 5.75 Å². The highest BCUT2D eigenvalue weighted by Gasteiger charge is 2.29. The van der Waals surface area contributed by atoms with Gasteiger partial charge in [-0.1, -0.05) is 13.8 Å². The van der Waals surface area contributed by atoms with Crippen molar-refractivity contribution in [3.8, 4) is 11.8 Å². The van der Waals surface area contributed by atoms with Crippen molar-refractivity contribution in [3.05, 3.63) is 23.8 Å². The minimum absolute atomic E-state index is 0.458. The fraction of sp³-hybridized carbons (Fsp3) is 0.533. The van der Waals surface area contributed by atoms with Crippen LogP contribution >= 0.6 is 0 Å².